The molecule has 0 unspecified atom stereocenters. The van der Waals surface area contributed by atoms with Gasteiger partial charge in [-0.05, 0) is 43.3 Å². The van der Waals surface area contributed by atoms with Gasteiger partial charge < -0.3 is 19.7 Å². The lowest BCUT2D eigenvalue weighted by Crippen LogP contribution is -2.28. The van der Waals surface area contributed by atoms with Crippen molar-refractivity contribution in [1.29, 1.82) is 0 Å². The second kappa shape index (κ2) is 7.91. The van der Waals surface area contributed by atoms with Crippen LogP contribution in [0.2, 0.25) is 0 Å². The van der Waals surface area contributed by atoms with Crippen LogP contribution in [0.1, 0.15) is 13.3 Å². The van der Waals surface area contributed by atoms with E-state index in [1.807, 2.05) is 37.3 Å². The van der Waals surface area contributed by atoms with E-state index in [1.54, 1.807) is 30.2 Å². The van der Waals surface area contributed by atoms with Crippen LogP contribution in [-0.2, 0) is 9.59 Å². The molecular weight excluding hydrogens is 332 g/mol. The molecular formula is C20H22N2O4. The fourth-order valence-corrected chi connectivity index (χ4v) is 2.98. The van der Waals surface area contributed by atoms with E-state index in [-0.39, 0.29) is 18.2 Å². The first kappa shape index (κ1) is 17.8. The Kier molecular flexibility index (Phi) is 5.41. The first-order valence-corrected chi connectivity index (χ1v) is 8.59. The molecule has 1 fully saturated rings. The lowest BCUT2D eigenvalue weighted by molar-refractivity contribution is -0.122. The monoisotopic (exact) mass is 354 g/mol. The van der Waals surface area contributed by atoms with Crippen LogP contribution in [0.15, 0.2) is 48.5 Å². The molecule has 0 spiro atoms. The summed E-state index contributed by atoms with van der Waals surface area (Å²) in [5, 5.41) is 2.89. The maximum Gasteiger partial charge on any atom is 0.229 e. The van der Waals surface area contributed by atoms with Crippen LogP contribution < -0.4 is 19.7 Å². The van der Waals surface area contributed by atoms with E-state index in [2.05, 4.69) is 5.32 Å². The number of carbonyl (C=O) groups is 2. The SMILES string of the molecule is CCOc1ccccc1NC(=O)[C@@H]1CC(=O)N(c2ccc(OC)cc2)C1. The number of nitrogens with zero attached hydrogens (tertiary/aromatic N) is 1. The summed E-state index contributed by atoms with van der Waals surface area (Å²) in [7, 11) is 1.59. The zero-order chi connectivity index (χ0) is 18.5. The summed E-state index contributed by atoms with van der Waals surface area (Å²) in [5.41, 5.74) is 1.38. The zero-order valence-corrected chi connectivity index (χ0v) is 14.9. The number of para-hydroxylation sites is 2. The van der Waals surface area contributed by atoms with Gasteiger partial charge in [0.25, 0.3) is 0 Å². The van der Waals surface area contributed by atoms with Crippen molar-refractivity contribution in [2.75, 3.05) is 30.5 Å². The van der Waals surface area contributed by atoms with Crippen LogP contribution in [0.25, 0.3) is 0 Å². The molecule has 1 N–H and O–H groups in total. The second-order valence-electron chi connectivity index (χ2n) is 6.02. The van der Waals surface area contributed by atoms with E-state index in [4.69, 9.17) is 9.47 Å². The van der Waals surface area contributed by atoms with E-state index in [1.165, 1.54) is 0 Å². The van der Waals surface area contributed by atoms with Gasteiger partial charge in [0.05, 0.1) is 25.3 Å². The van der Waals surface area contributed by atoms with Gasteiger partial charge in [-0.15, -0.1) is 0 Å². The molecule has 1 atom stereocenters. The first-order valence-electron chi connectivity index (χ1n) is 8.59. The number of carbonyl (C=O) groups excluding carboxylic acids is 2. The van der Waals surface area contributed by atoms with E-state index < -0.39 is 5.92 Å². The van der Waals surface area contributed by atoms with Crippen LogP contribution in [-0.4, -0.2) is 32.1 Å². The van der Waals surface area contributed by atoms with Gasteiger partial charge in [0.1, 0.15) is 11.5 Å². The van der Waals surface area contributed by atoms with Crippen molar-refractivity contribution in [2.24, 2.45) is 5.92 Å². The van der Waals surface area contributed by atoms with Gasteiger partial charge in [-0.2, -0.15) is 0 Å². The summed E-state index contributed by atoms with van der Waals surface area (Å²) in [6.07, 6.45) is 0.189. The quantitative estimate of drug-likeness (QED) is 0.866. The number of rotatable bonds is 6. The standard InChI is InChI=1S/C20H22N2O4/c1-3-26-18-7-5-4-6-17(18)21-20(24)14-12-19(23)22(13-14)15-8-10-16(25-2)11-9-15/h4-11,14H,3,12-13H2,1-2H3,(H,21,24)/t14-/m1/s1. The van der Waals surface area contributed by atoms with Gasteiger partial charge in [-0.3, -0.25) is 9.59 Å². The molecule has 0 bridgehead atoms. The Balaban J connectivity index is 1.69. The number of anilines is 2. The third kappa shape index (κ3) is 3.79. The van der Waals surface area contributed by atoms with E-state index in [0.29, 0.717) is 24.6 Å². The molecule has 0 aliphatic carbocycles. The molecule has 0 radical (unpaired) electrons. The highest BCUT2D eigenvalue weighted by Gasteiger charge is 2.35. The van der Waals surface area contributed by atoms with Gasteiger partial charge in [0.15, 0.2) is 0 Å². The van der Waals surface area contributed by atoms with Crippen molar-refractivity contribution in [2.45, 2.75) is 13.3 Å². The Labute approximate surface area is 152 Å². The highest BCUT2D eigenvalue weighted by Crippen LogP contribution is 2.29. The van der Waals surface area contributed by atoms with Gasteiger partial charge in [-0.25, -0.2) is 0 Å². The highest BCUT2D eigenvalue weighted by atomic mass is 16.5. The molecule has 6 heteroatoms. The van der Waals surface area contributed by atoms with Crippen LogP contribution >= 0.6 is 0 Å². The summed E-state index contributed by atoms with van der Waals surface area (Å²) in [6.45, 7) is 2.76. The van der Waals surface area contributed by atoms with Crippen molar-refractivity contribution in [3.05, 3.63) is 48.5 Å². The smallest absolute Gasteiger partial charge is 0.229 e. The van der Waals surface area contributed by atoms with Crippen molar-refractivity contribution in [3.63, 3.8) is 0 Å². The van der Waals surface area contributed by atoms with Gasteiger partial charge in [-0.1, -0.05) is 12.1 Å². The molecule has 26 heavy (non-hydrogen) atoms. The number of nitrogens with one attached hydrogen (secondary N) is 1. The lowest BCUT2D eigenvalue weighted by Gasteiger charge is -2.17. The zero-order valence-electron chi connectivity index (χ0n) is 14.9. The number of ether oxygens (including phenoxy) is 2. The minimum atomic E-state index is -0.403. The Morgan fingerprint density at radius 2 is 1.92 bits per heavy atom. The number of amides is 2. The van der Waals surface area contributed by atoms with E-state index in [9.17, 15) is 9.59 Å². The predicted molar refractivity (Wildman–Crippen MR) is 99.7 cm³/mol. The number of benzene rings is 2. The maximum absolute atomic E-state index is 12.6. The average Bonchev–Trinajstić information content (AvgIpc) is 3.05. The Bertz CT molecular complexity index is 789. The Morgan fingerprint density at radius 1 is 1.19 bits per heavy atom. The van der Waals surface area contributed by atoms with Crippen molar-refractivity contribution in [3.8, 4) is 11.5 Å². The molecule has 1 aliphatic rings. The molecule has 2 amide bonds. The summed E-state index contributed by atoms with van der Waals surface area (Å²) in [6, 6.07) is 14.5. The van der Waals surface area contributed by atoms with Gasteiger partial charge >= 0.3 is 0 Å². The number of hydrogen-bond donors (Lipinski definition) is 1. The minimum Gasteiger partial charge on any atom is -0.497 e. The van der Waals surface area contributed by atoms with Crippen LogP contribution in [0.4, 0.5) is 11.4 Å². The molecule has 0 aromatic heterocycles. The third-order valence-electron chi connectivity index (χ3n) is 4.32. The normalized spacial score (nSPS) is 16.5. The molecule has 2 aromatic rings. The highest BCUT2D eigenvalue weighted by molar-refractivity contribution is 6.03. The predicted octanol–water partition coefficient (Wildman–Crippen LogP) is 3.09. The first-order chi connectivity index (χ1) is 12.6. The summed E-state index contributed by atoms with van der Waals surface area (Å²) in [4.78, 5) is 26.6. The Morgan fingerprint density at radius 3 is 2.62 bits per heavy atom. The topological polar surface area (TPSA) is 67.9 Å². The summed E-state index contributed by atoms with van der Waals surface area (Å²) in [5.74, 6) is 0.705. The van der Waals surface area contributed by atoms with Crippen molar-refractivity contribution in [1.82, 2.24) is 0 Å². The third-order valence-corrected chi connectivity index (χ3v) is 4.32. The second-order valence-corrected chi connectivity index (χ2v) is 6.02. The molecule has 1 saturated heterocycles. The minimum absolute atomic E-state index is 0.0617. The average molecular weight is 354 g/mol. The van der Waals surface area contributed by atoms with Crippen LogP contribution in [0.5, 0.6) is 11.5 Å². The van der Waals surface area contributed by atoms with Crippen LogP contribution in [0.3, 0.4) is 0 Å². The molecule has 6 nitrogen and oxygen atoms in total. The number of methoxy groups -OCH3 is 1. The largest absolute Gasteiger partial charge is 0.497 e. The van der Waals surface area contributed by atoms with Crippen molar-refractivity contribution < 1.29 is 19.1 Å². The van der Waals surface area contributed by atoms with Crippen LogP contribution in [0, 0.1) is 5.92 Å². The maximum atomic E-state index is 12.6. The van der Waals surface area contributed by atoms with Gasteiger partial charge in [0.2, 0.25) is 11.8 Å². The molecule has 1 aliphatic heterocycles. The van der Waals surface area contributed by atoms with Gasteiger partial charge in [0, 0.05) is 18.7 Å². The molecule has 0 saturated carbocycles. The van der Waals surface area contributed by atoms with Crippen molar-refractivity contribution >= 4 is 23.2 Å². The van der Waals surface area contributed by atoms with E-state index >= 15 is 0 Å². The summed E-state index contributed by atoms with van der Waals surface area (Å²) >= 11 is 0. The fraction of sp³-hybridized carbons (Fsp3) is 0.300. The van der Waals surface area contributed by atoms with E-state index in [0.717, 1.165) is 11.4 Å². The fourth-order valence-electron chi connectivity index (χ4n) is 2.98. The molecule has 136 valence electrons. The lowest BCUT2D eigenvalue weighted by atomic mass is 10.1. The molecule has 3 rings (SSSR count). The number of hydrogen-bond acceptors (Lipinski definition) is 4. The summed E-state index contributed by atoms with van der Waals surface area (Å²) < 4.78 is 10.7. The molecule has 2 aromatic carbocycles. The molecule has 1 heterocycles. The Hall–Kier alpha value is -3.02.